The Morgan fingerprint density at radius 1 is 1.04 bits per heavy atom. The zero-order chi connectivity index (χ0) is 18.4. The van der Waals surface area contributed by atoms with Crippen molar-refractivity contribution in [2.24, 2.45) is 5.92 Å². The van der Waals surface area contributed by atoms with Gasteiger partial charge in [-0.2, -0.15) is 0 Å². The highest BCUT2D eigenvalue weighted by atomic mass is 16.5. The number of piperidine rings is 1. The summed E-state index contributed by atoms with van der Waals surface area (Å²) >= 11 is 0. The van der Waals surface area contributed by atoms with E-state index in [1.807, 2.05) is 6.92 Å². The van der Waals surface area contributed by atoms with E-state index in [0.717, 1.165) is 77.9 Å². The molecule has 26 heavy (non-hydrogen) atoms. The first kappa shape index (κ1) is 19.6. The summed E-state index contributed by atoms with van der Waals surface area (Å²) in [7, 11) is 0. The van der Waals surface area contributed by atoms with Crippen LogP contribution in [0.15, 0.2) is 0 Å². The highest BCUT2D eigenvalue weighted by molar-refractivity contribution is 5.81. The molecule has 0 bridgehead atoms. The van der Waals surface area contributed by atoms with E-state index in [4.69, 9.17) is 4.74 Å². The maximum atomic E-state index is 12.9. The number of morpholine rings is 1. The number of likely N-dealkylation sites (tertiary alicyclic amines) is 1. The van der Waals surface area contributed by atoms with E-state index in [1.54, 1.807) is 0 Å². The number of hydrogen-bond acceptors (Lipinski definition) is 4. The molecule has 1 aliphatic carbocycles. The van der Waals surface area contributed by atoms with E-state index < -0.39 is 0 Å². The molecule has 0 aromatic carbocycles. The minimum absolute atomic E-state index is 0.0819. The van der Waals surface area contributed by atoms with Crippen LogP contribution < -0.4 is 5.32 Å². The second kappa shape index (κ2) is 9.70. The molecule has 148 valence electrons. The van der Waals surface area contributed by atoms with E-state index in [-0.39, 0.29) is 23.8 Å². The lowest BCUT2D eigenvalue weighted by molar-refractivity contribution is -0.136. The number of amides is 2. The minimum atomic E-state index is -0.0819. The molecule has 1 saturated carbocycles. The quantitative estimate of drug-likeness (QED) is 0.779. The first-order chi connectivity index (χ1) is 12.6. The summed E-state index contributed by atoms with van der Waals surface area (Å²) in [5.74, 6) is 0.505. The first-order valence-corrected chi connectivity index (χ1v) is 10.5. The number of nitrogens with one attached hydrogen (secondary N) is 1. The molecule has 2 heterocycles. The Hall–Kier alpha value is -1.14. The van der Waals surface area contributed by atoms with Crippen molar-refractivity contribution in [3.05, 3.63) is 0 Å². The van der Waals surface area contributed by atoms with E-state index in [0.29, 0.717) is 12.5 Å². The van der Waals surface area contributed by atoms with Crippen LogP contribution in [-0.2, 0) is 14.3 Å². The average Bonchev–Trinajstić information content (AvgIpc) is 3.18. The third kappa shape index (κ3) is 5.43. The number of rotatable bonds is 6. The molecule has 6 nitrogen and oxygen atoms in total. The second-order valence-corrected chi connectivity index (χ2v) is 8.24. The van der Waals surface area contributed by atoms with Gasteiger partial charge in [0.25, 0.3) is 0 Å². The Morgan fingerprint density at radius 2 is 1.73 bits per heavy atom. The van der Waals surface area contributed by atoms with Crippen LogP contribution in [0.4, 0.5) is 0 Å². The van der Waals surface area contributed by atoms with Crippen molar-refractivity contribution < 1.29 is 14.3 Å². The van der Waals surface area contributed by atoms with E-state index >= 15 is 0 Å². The fourth-order valence-corrected chi connectivity index (χ4v) is 4.58. The van der Waals surface area contributed by atoms with Gasteiger partial charge in [-0.1, -0.05) is 12.8 Å². The molecule has 3 rings (SSSR count). The van der Waals surface area contributed by atoms with Crippen LogP contribution in [0.2, 0.25) is 0 Å². The van der Waals surface area contributed by atoms with Gasteiger partial charge in [0.05, 0.1) is 13.2 Å². The zero-order valence-electron chi connectivity index (χ0n) is 16.3. The lowest BCUT2D eigenvalue weighted by Crippen LogP contribution is -2.52. The van der Waals surface area contributed by atoms with Crippen LogP contribution in [0.25, 0.3) is 0 Å². The van der Waals surface area contributed by atoms with E-state index in [1.165, 1.54) is 6.42 Å². The summed E-state index contributed by atoms with van der Waals surface area (Å²) in [5, 5.41) is 3.07. The van der Waals surface area contributed by atoms with Crippen LogP contribution >= 0.6 is 0 Å². The number of carbonyl (C=O) groups excluding carboxylic acids is 2. The third-order valence-corrected chi connectivity index (χ3v) is 6.12. The standard InChI is InChI=1S/C20H35N3O3/c1-16(21-20(25)17-6-2-3-7-17)14-19(24)23-9-5-4-8-18(23)15-22-10-12-26-13-11-22/h16-18H,2-15H2,1H3,(H,21,25)/t16-,18+/m1/s1. The van der Waals surface area contributed by atoms with Gasteiger partial charge in [0, 0.05) is 50.6 Å². The smallest absolute Gasteiger partial charge is 0.224 e. The van der Waals surface area contributed by atoms with Crippen molar-refractivity contribution >= 4 is 11.8 Å². The Kier molecular flexibility index (Phi) is 7.32. The summed E-state index contributed by atoms with van der Waals surface area (Å²) in [6.45, 7) is 7.30. The molecular formula is C20H35N3O3. The minimum Gasteiger partial charge on any atom is -0.379 e. The van der Waals surface area contributed by atoms with E-state index in [2.05, 4.69) is 15.1 Å². The topological polar surface area (TPSA) is 61.9 Å². The third-order valence-electron chi connectivity index (χ3n) is 6.12. The summed E-state index contributed by atoms with van der Waals surface area (Å²) in [4.78, 5) is 29.7. The predicted octanol–water partition coefficient (Wildman–Crippen LogP) is 1.78. The molecule has 0 radical (unpaired) electrons. The molecule has 0 spiro atoms. The van der Waals surface area contributed by atoms with Crippen molar-refractivity contribution in [1.29, 1.82) is 0 Å². The molecule has 0 aromatic rings. The Bertz CT molecular complexity index is 473. The van der Waals surface area contributed by atoms with Gasteiger partial charge in [0.2, 0.25) is 11.8 Å². The molecule has 6 heteroatoms. The molecule has 0 aromatic heterocycles. The normalized spacial score (nSPS) is 26.7. The molecule has 1 N–H and O–H groups in total. The van der Waals surface area contributed by atoms with Gasteiger partial charge < -0.3 is 15.0 Å². The molecule has 3 fully saturated rings. The maximum absolute atomic E-state index is 12.9. The molecule has 2 amide bonds. The summed E-state index contributed by atoms with van der Waals surface area (Å²) in [5.41, 5.74) is 0. The maximum Gasteiger partial charge on any atom is 0.224 e. The van der Waals surface area contributed by atoms with Gasteiger partial charge >= 0.3 is 0 Å². The van der Waals surface area contributed by atoms with Crippen LogP contribution in [0.3, 0.4) is 0 Å². The van der Waals surface area contributed by atoms with Crippen molar-refractivity contribution in [2.75, 3.05) is 39.4 Å². The fourth-order valence-electron chi connectivity index (χ4n) is 4.58. The van der Waals surface area contributed by atoms with Crippen LogP contribution in [0, 0.1) is 5.92 Å². The summed E-state index contributed by atoms with van der Waals surface area (Å²) < 4.78 is 5.43. The van der Waals surface area contributed by atoms with Gasteiger partial charge in [0.15, 0.2) is 0 Å². The molecule has 2 aliphatic heterocycles. The average molecular weight is 366 g/mol. The summed E-state index contributed by atoms with van der Waals surface area (Å²) in [6, 6.07) is 0.230. The van der Waals surface area contributed by atoms with Crippen molar-refractivity contribution in [1.82, 2.24) is 15.1 Å². The Labute approximate surface area is 157 Å². The molecule has 2 atom stereocenters. The van der Waals surface area contributed by atoms with Gasteiger partial charge in [-0.25, -0.2) is 0 Å². The molecule has 0 unspecified atom stereocenters. The monoisotopic (exact) mass is 365 g/mol. The van der Waals surface area contributed by atoms with Gasteiger partial charge in [-0.05, 0) is 39.0 Å². The SMILES string of the molecule is C[C@H](CC(=O)N1CCCC[C@H]1CN1CCOCC1)NC(=O)C1CCCC1. The lowest BCUT2D eigenvalue weighted by Gasteiger charge is -2.40. The Balaban J connectivity index is 1.48. The van der Waals surface area contributed by atoms with Crippen molar-refractivity contribution in [3.63, 3.8) is 0 Å². The number of carbonyl (C=O) groups is 2. The van der Waals surface area contributed by atoms with Crippen LogP contribution in [0.5, 0.6) is 0 Å². The first-order valence-electron chi connectivity index (χ1n) is 10.5. The Morgan fingerprint density at radius 3 is 2.46 bits per heavy atom. The molecular weight excluding hydrogens is 330 g/mol. The predicted molar refractivity (Wildman–Crippen MR) is 101 cm³/mol. The lowest BCUT2D eigenvalue weighted by atomic mass is 10.00. The summed E-state index contributed by atoms with van der Waals surface area (Å²) in [6.07, 6.45) is 8.11. The van der Waals surface area contributed by atoms with Gasteiger partial charge in [-0.3, -0.25) is 14.5 Å². The number of ether oxygens (including phenoxy) is 1. The molecule has 3 aliphatic rings. The highest BCUT2D eigenvalue weighted by Crippen LogP contribution is 2.25. The zero-order valence-corrected chi connectivity index (χ0v) is 16.3. The molecule has 2 saturated heterocycles. The largest absolute Gasteiger partial charge is 0.379 e. The van der Waals surface area contributed by atoms with Crippen molar-refractivity contribution in [2.45, 2.75) is 70.4 Å². The van der Waals surface area contributed by atoms with Gasteiger partial charge in [-0.15, -0.1) is 0 Å². The van der Waals surface area contributed by atoms with Gasteiger partial charge in [0.1, 0.15) is 0 Å². The number of hydrogen-bond donors (Lipinski definition) is 1. The van der Waals surface area contributed by atoms with Crippen LogP contribution in [0.1, 0.15) is 58.3 Å². The van der Waals surface area contributed by atoms with E-state index in [9.17, 15) is 9.59 Å². The second-order valence-electron chi connectivity index (χ2n) is 8.24. The number of nitrogens with zero attached hydrogens (tertiary/aromatic N) is 2. The highest BCUT2D eigenvalue weighted by Gasteiger charge is 2.30. The van der Waals surface area contributed by atoms with Crippen molar-refractivity contribution in [3.8, 4) is 0 Å². The fraction of sp³-hybridized carbons (Fsp3) is 0.900. The van der Waals surface area contributed by atoms with Crippen LogP contribution in [-0.4, -0.2) is 73.1 Å².